The molecule has 0 fully saturated rings. The van der Waals surface area contributed by atoms with Gasteiger partial charge in [-0.1, -0.05) is 6.58 Å². The van der Waals surface area contributed by atoms with Crippen molar-refractivity contribution in [3.63, 3.8) is 0 Å². The highest BCUT2D eigenvalue weighted by atomic mass is 15.2. The lowest BCUT2D eigenvalue weighted by Gasteiger charge is -2.23. The molecule has 2 heterocycles. The van der Waals surface area contributed by atoms with Crippen LogP contribution in [0.4, 0.5) is 0 Å². The number of pyridine rings is 1. The first kappa shape index (κ1) is 8.30. The molecular formula is C11H14N2. The highest BCUT2D eigenvalue weighted by Crippen LogP contribution is 2.31. The van der Waals surface area contributed by atoms with Gasteiger partial charge in [0.25, 0.3) is 0 Å². The minimum Gasteiger partial charge on any atom is -0.365 e. The average molecular weight is 174 g/mol. The van der Waals surface area contributed by atoms with E-state index in [0.29, 0.717) is 6.04 Å². The molecule has 1 aliphatic heterocycles. The normalized spacial score (nSPS) is 15.3. The van der Waals surface area contributed by atoms with Crippen molar-refractivity contribution in [2.75, 3.05) is 0 Å². The summed E-state index contributed by atoms with van der Waals surface area (Å²) in [6.07, 6.45) is 3.75. The standard InChI is InChI=1S/C11H14N2/c1-8(2)13-7-10-4-5-12-6-11(10)9(13)3/h4-6,8H,3,7H2,1-2H3. The van der Waals surface area contributed by atoms with E-state index < -0.39 is 0 Å². The van der Waals surface area contributed by atoms with Gasteiger partial charge in [-0.2, -0.15) is 0 Å². The van der Waals surface area contributed by atoms with Gasteiger partial charge in [0.1, 0.15) is 0 Å². The predicted octanol–water partition coefficient (Wildman–Crippen LogP) is 2.28. The van der Waals surface area contributed by atoms with Crippen molar-refractivity contribution >= 4 is 5.70 Å². The fourth-order valence-corrected chi connectivity index (χ4v) is 1.75. The van der Waals surface area contributed by atoms with Gasteiger partial charge in [-0.25, -0.2) is 0 Å². The lowest BCUT2D eigenvalue weighted by Crippen LogP contribution is -2.23. The molecule has 68 valence electrons. The zero-order valence-corrected chi connectivity index (χ0v) is 8.12. The number of aromatic nitrogens is 1. The first-order valence-electron chi connectivity index (χ1n) is 4.59. The van der Waals surface area contributed by atoms with Gasteiger partial charge in [0.05, 0.1) is 0 Å². The first-order chi connectivity index (χ1) is 6.20. The number of fused-ring (bicyclic) bond motifs is 1. The Bertz CT molecular complexity index is 342. The predicted molar refractivity (Wildman–Crippen MR) is 54.0 cm³/mol. The summed E-state index contributed by atoms with van der Waals surface area (Å²) in [6.45, 7) is 9.43. The summed E-state index contributed by atoms with van der Waals surface area (Å²) in [5.74, 6) is 0. The molecule has 0 N–H and O–H groups in total. The number of hydrogen-bond acceptors (Lipinski definition) is 2. The zero-order chi connectivity index (χ0) is 9.42. The molecule has 0 saturated heterocycles. The average Bonchev–Trinajstić information content (AvgIpc) is 2.45. The monoisotopic (exact) mass is 174 g/mol. The molecule has 0 atom stereocenters. The van der Waals surface area contributed by atoms with E-state index in [2.05, 4.69) is 36.4 Å². The number of hydrogen-bond donors (Lipinski definition) is 0. The molecule has 2 heteroatoms. The van der Waals surface area contributed by atoms with Gasteiger partial charge in [0, 0.05) is 36.2 Å². The summed E-state index contributed by atoms with van der Waals surface area (Å²) >= 11 is 0. The van der Waals surface area contributed by atoms with E-state index in [1.807, 2.05) is 12.4 Å². The highest BCUT2D eigenvalue weighted by Gasteiger charge is 2.23. The number of rotatable bonds is 1. The summed E-state index contributed by atoms with van der Waals surface area (Å²) in [6, 6.07) is 2.59. The Morgan fingerprint density at radius 3 is 2.92 bits per heavy atom. The van der Waals surface area contributed by atoms with E-state index >= 15 is 0 Å². The summed E-state index contributed by atoms with van der Waals surface area (Å²) < 4.78 is 0. The van der Waals surface area contributed by atoms with Crippen LogP contribution in [0.25, 0.3) is 5.70 Å². The van der Waals surface area contributed by atoms with E-state index in [1.165, 1.54) is 11.1 Å². The van der Waals surface area contributed by atoms with Crippen molar-refractivity contribution in [1.29, 1.82) is 0 Å². The Kier molecular flexibility index (Phi) is 1.83. The van der Waals surface area contributed by atoms with Gasteiger partial charge in [-0.3, -0.25) is 4.98 Å². The van der Waals surface area contributed by atoms with E-state index in [-0.39, 0.29) is 0 Å². The maximum atomic E-state index is 4.11. The van der Waals surface area contributed by atoms with Crippen molar-refractivity contribution in [1.82, 2.24) is 9.88 Å². The Balaban J connectivity index is 2.38. The number of nitrogens with zero attached hydrogens (tertiary/aromatic N) is 2. The molecule has 0 radical (unpaired) electrons. The molecule has 0 amide bonds. The molecule has 2 rings (SSSR count). The van der Waals surface area contributed by atoms with Crippen LogP contribution in [-0.4, -0.2) is 15.9 Å². The SMILES string of the molecule is C=C1c2cnccc2CN1C(C)C. The second-order valence-electron chi connectivity index (χ2n) is 3.70. The second kappa shape index (κ2) is 2.87. The van der Waals surface area contributed by atoms with Crippen LogP contribution in [-0.2, 0) is 6.54 Å². The molecule has 0 bridgehead atoms. The molecule has 0 saturated carbocycles. The summed E-state index contributed by atoms with van der Waals surface area (Å²) in [5, 5.41) is 0. The van der Waals surface area contributed by atoms with Crippen molar-refractivity contribution in [3.05, 3.63) is 36.2 Å². The van der Waals surface area contributed by atoms with Gasteiger partial charge in [0.15, 0.2) is 0 Å². The van der Waals surface area contributed by atoms with Crippen molar-refractivity contribution in [3.8, 4) is 0 Å². The molecule has 0 spiro atoms. The Hall–Kier alpha value is -1.31. The van der Waals surface area contributed by atoms with E-state index in [1.54, 1.807) is 0 Å². The molecule has 13 heavy (non-hydrogen) atoms. The first-order valence-corrected chi connectivity index (χ1v) is 4.59. The Morgan fingerprint density at radius 1 is 1.54 bits per heavy atom. The van der Waals surface area contributed by atoms with Gasteiger partial charge >= 0.3 is 0 Å². The topological polar surface area (TPSA) is 16.1 Å². The zero-order valence-electron chi connectivity index (χ0n) is 8.12. The summed E-state index contributed by atoms with van der Waals surface area (Å²) in [5.41, 5.74) is 3.66. The molecular weight excluding hydrogens is 160 g/mol. The minimum absolute atomic E-state index is 0.514. The van der Waals surface area contributed by atoms with E-state index in [4.69, 9.17) is 0 Å². The Labute approximate surface area is 78.9 Å². The quantitative estimate of drug-likeness (QED) is 0.649. The van der Waals surface area contributed by atoms with Crippen molar-refractivity contribution < 1.29 is 0 Å². The fraction of sp³-hybridized carbons (Fsp3) is 0.364. The maximum absolute atomic E-state index is 4.11. The van der Waals surface area contributed by atoms with Crippen LogP contribution in [0.3, 0.4) is 0 Å². The Morgan fingerprint density at radius 2 is 2.31 bits per heavy atom. The van der Waals surface area contributed by atoms with Crippen LogP contribution in [0.15, 0.2) is 25.0 Å². The third-order valence-corrected chi connectivity index (χ3v) is 2.53. The molecule has 0 unspecified atom stereocenters. The van der Waals surface area contributed by atoms with E-state index in [0.717, 1.165) is 12.2 Å². The maximum Gasteiger partial charge on any atom is 0.0440 e. The van der Waals surface area contributed by atoms with Crippen LogP contribution in [0.2, 0.25) is 0 Å². The van der Waals surface area contributed by atoms with Gasteiger partial charge in [0.2, 0.25) is 0 Å². The highest BCUT2D eigenvalue weighted by molar-refractivity contribution is 5.68. The third kappa shape index (κ3) is 1.22. The van der Waals surface area contributed by atoms with Crippen molar-refractivity contribution in [2.45, 2.75) is 26.4 Å². The largest absolute Gasteiger partial charge is 0.365 e. The minimum atomic E-state index is 0.514. The molecule has 0 aliphatic carbocycles. The molecule has 1 aromatic rings. The van der Waals surface area contributed by atoms with Crippen LogP contribution in [0, 0.1) is 0 Å². The van der Waals surface area contributed by atoms with Gasteiger partial charge in [-0.05, 0) is 25.5 Å². The third-order valence-electron chi connectivity index (χ3n) is 2.53. The lowest BCUT2D eigenvalue weighted by atomic mass is 10.2. The van der Waals surface area contributed by atoms with Crippen LogP contribution in [0.1, 0.15) is 25.0 Å². The lowest BCUT2D eigenvalue weighted by molar-refractivity contribution is 0.339. The molecule has 2 nitrogen and oxygen atoms in total. The van der Waals surface area contributed by atoms with Crippen LogP contribution >= 0.6 is 0 Å². The van der Waals surface area contributed by atoms with Crippen LogP contribution in [0.5, 0.6) is 0 Å². The van der Waals surface area contributed by atoms with Gasteiger partial charge in [-0.15, -0.1) is 0 Å². The molecule has 1 aromatic heterocycles. The molecule has 1 aliphatic rings. The van der Waals surface area contributed by atoms with Gasteiger partial charge < -0.3 is 4.90 Å². The smallest absolute Gasteiger partial charge is 0.0440 e. The summed E-state index contributed by atoms with van der Waals surface area (Å²) in [4.78, 5) is 6.41. The van der Waals surface area contributed by atoms with Crippen molar-refractivity contribution in [2.24, 2.45) is 0 Å². The molecule has 0 aromatic carbocycles. The second-order valence-corrected chi connectivity index (χ2v) is 3.70. The summed E-state index contributed by atoms with van der Waals surface area (Å²) in [7, 11) is 0. The van der Waals surface area contributed by atoms with E-state index in [9.17, 15) is 0 Å². The fourth-order valence-electron chi connectivity index (χ4n) is 1.75. The van der Waals surface area contributed by atoms with Crippen LogP contribution < -0.4 is 0 Å².